The largest absolute Gasteiger partial charge is 0.394 e. The highest BCUT2D eigenvalue weighted by atomic mass is 16.6. The second kappa shape index (κ2) is 4.47. The average molecular weight is 225 g/mol. The Morgan fingerprint density at radius 1 is 1.38 bits per heavy atom. The molecule has 16 heavy (non-hydrogen) atoms. The van der Waals surface area contributed by atoms with E-state index in [0.717, 1.165) is 5.56 Å². The normalized spacial score (nSPS) is 34.2. The first-order valence-electron chi connectivity index (χ1n) is 5.18. The predicted molar refractivity (Wildman–Crippen MR) is 55.7 cm³/mol. The van der Waals surface area contributed by atoms with Crippen molar-refractivity contribution in [1.82, 2.24) is 4.98 Å². The molecule has 0 amide bonds. The highest BCUT2D eigenvalue weighted by molar-refractivity contribution is 5.18. The molecule has 5 heteroatoms. The third kappa shape index (κ3) is 1.94. The minimum absolute atomic E-state index is 0.319. The van der Waals surface area contributed by atoms with Gasteiger partial charge in [0.1, 0.15) is 24.4 Å². The summed E-state index contributed by atoms with van der Waals surface area (Å²) in [4.78, 5) is 4.10. The molecule has 0 aromatic carbocycles. The zero-order valence-corrected chi connectivity index (χ0v) is 8.95. The molecule has 1 aromatic rings. The molecule has 2 heterocycles. The van der Waals surface area contributed by atoms with Gasteiger partial charge in [-0.2, -0.15) is 0 Å². The predicted octanol–water partition coefficient (Wildman–Crippen LogP) is -0.456. The van der Waals surface area contributed by atoms with Gasteiger partial charge in [0.2, 0.25) is 0 Å². The van der Waals surface area contributed by atoms with E-state index >= 15 is 0 Å². The van der Waals surface area contributed by atoms with E-state index in [2.05, 4.69) is 4.98 Å². The molecule has 1 aliphatic rings. The van der Waals surface area contributed by atoms with Crippen molar-refractivity contribution in [2.45, 2.75) is 31.3 Å². The molecule has 0 saturated carbocycles. The summed E-state index contributed by atoms with van der Waals surface area (Å²) in [5.41, 5.74) is 1.57. The maximum atomic E-state index is 9.78. The van der Waals surface area contributed by atoms with Gasteiger partial charge in [-0.15, -0.1) is 0 Å². The van der Waals surface area contributed by atoms with Crippen LogP contribution in [0.5, 0.6) is 0 Å². The number of aryl methyl sites for hydroxylation is 1. The number of ether oxygens (including phenoxy) is 1. The Balaban J connectivity index is 2.23. The van der Waals surface area contributed by atoms with Crippen molar-refractivity contribution in [3.8, 4) is 0 Å². The van der Waals surface area contributed by atoms with Crippen LogP contribution in [0.3, 0.4) is 0 Å². The van der Waals surface area contributed by atoms with Crippen LogP contribution in [-0.2, 0) is 4.74 Å². The molecule has 1 aromatic heterocycles. The van der Waals surface area contributed by atoms with Crippen LogP contribution in [0.15, 0.2) is 18.3 Å². The van der Waals surface area contributed by atoms with Gasteiger partial charge in [0.25, 0.3) is 0 Å². The highest BCUT2D eigenvalue weighted by Gasteiger charge is 2.43. The lowest BCUT2D eigenvalue weighted by atomic mass is 10.0. The molecule has 3 N–H and O–H groups in total. The molecular formula is C11H15NO4. The number of aliphatic hydroxyl groups is 3. The minimum atomic E-state index is -1.07. The highest BCUT2D eigenvalue weighted by Crippen LogP contribution is 2.32. The zero-order valence-electron chi connectivity index (χ0n) is 8.95. The Bertz CT molecular complexity index is 371. The molecule has 4 atom stereocenters. The van der Waals surface area contributed by atoms with Crippen LogP contribution in [0, 0.1) is 6.92 Å². The first-order chi connectivity index (χ1) is 7.63. The second-order valence-electron chi connectivity index (χ2n) is 4.02. The Morgan fingerprint density at radius 3 is 2.69 bits per heavy atom. The van der Waals surface area contributed by atoms with Crippen molar-refractivity contribution in [2.24, 2.45) is 0 Å². The summed E-state index contributed by atoms with van der Waals surface area (Å²) in [5.74, 6) is 0. The number of hydrogen-bond acceptors (Lipinski definition) is 5. The Morgan fingerprint density at radius 2 is 2.12 bits per heavy atom. The Labute approximate surface area is 93.3 Å². The second-order valence-corrected chi connectivity index (χ2v) is 4.02. The SMILES string of the molecule is Cc1ccnc([C@@H]2O[C@H](CO)[C@@H](O)[C@H]2O)c1. The molecule has 1 fully saturated rings. The molecule has 88 valence electrons. The van der Waals surface area contributed by atoms with E-state index < -0.39 is 24.4 Å². The molecule has 1 aliphatic heterocycles. The zero-order chi connectivity index (χ0) is 11.7. The molecule has 1 saturated heterocycles. The lowest BCUT2D eigenvalue weighted by Gasteiger charge is -2.14. The number of aromatic nitrogens is 1. The van der Waals surface area contributed by atoms with Gasteiger partial charge < -0.3 is 20.1 Å². The van der Waals surface area contributed by atoms with Crippen LogP contribution < -0.4 is 0 Å². The van der Waals surface area contributed by atoms with Crippen molar-refractivity contribution in [3.63, 3.8) is 0 Å². The van der Waals surface area contributed by atoms with Crippen molar-refractivity contribution in [2.75, 3.05) is 6.61 Å². The third-order valence-corrected chi connectivity index (χ3v) is 2.77. The molecule has 5 nitrogen and oxygen atoms in total. The van der Waals surface area contributed by atoms with Gasteiger partial charge in [0.15, 0.2) is 0 Å². The first-order valence-corrected chi connectivity index (χ1v) is 5.18. The summed E-state index contributed by atoms with van der Waals surface area (Å²) in [5, 5.41) is 28.3. The molecule has 0 bridgehead atoms. The summed E-state index contributed by atoms with van der Waals surface area (Å²) in [6.45, 7) is 1.59. The lowest BCUT2D eigenvalue weighted by molar-refractivity contribution is -0.0239. The van der Waals surface area contributed by atoms with Crippen molar-refractivity contribution < 1.29 is 20.1 Å². The Kier molecular flexibility index (Phi) is 3.20. The number of pyridine rings is 1. The van der Waals surface area contributed by atoms with Crippen LogP contribution in [-0.4, -0.2) is 45.2 Å². The number of hydrogen-bond donors (Lipinski definition) is 3. The van der Waals surface area contributed by atoms with Crippen LogP contribution in [0.2, 0.25) is 0 Å². The van der Waals surface area contributed by atoms with E-state index in [4.69, 9.17) is 9.84 Å². The number of aliphatic hydroxyl groups excluding tert-OH is 3. The van der Waals surface area contributed by atoms with E-state index in [-0.39, 0.29) is 6.61 Å². The van der Waals surface area contributed by atoms with Gasteiger partial charge in [-0.1, -0.05) is 0 Å². The van der Waals surface area contributed by atoms with Crippen LogP contribution in [0.4, 0.5) is 0 Å². The number of rotatable bonds is 2. The quantitative estimate of drug-likeness (QED) is 0.634. The average Bonchev–Trinajstić information content (AvgIpc) is 2.56. The van der Waals surface area contributed by atoms with E-state index in [9.17, 15) is 10.2 Å². The lowest BCUT2D eigenvalue weighted by Crippen LogP contribution is -2.32. The monoisotopic (exact) mass is 225 g/mol. The van der Waals surface area contributed by atoms with Gasteiger partial charge in [-0.05, 0) is 24.6 Å². The topological polar surface area (TPSA) is 82.8 Å². The van der Waals surface area contributed by atoms with E-state index in [0.29, 0.717) is 5.69 Å². The summed E-state index contributed by atoms with van der Waals surface area (Å²) in [7, 11) is 0. The summed E-state index contributed by atoms with van der Waals surface area (Å²) in [6.07, 6.45) is -1.92. The molecular weight excluding hydrogens is 210 g/mol. The number of nitrogens with zero attached hydrogens (tertiary/aromatic N) is 1. The molecule has 0 spiro atoms. The van der Waals surface area contributed by atoms with Gasteiger partial charge in [0.05, 0.1) is 12.3 Å². The standard InChI is InChI=1S/C11H15NO4/c1-6-2-3-12-7(4-6)11-10(15)9(14)8(5-13)16-11/h2-4,8-11,13-15H,5H2,1H3/t8-,9-,10-,11+/m1/s1. The van der Waals surface area contributed by atoms with Crippen LogP contribution >= 0.6 is 0 Å². The first kappa shape index (κ1) is 11.5. The van der Waals surface area contributed by atoms with E-state index in [1.165, 1.54) is 0 Å². The molecule has 0 unspecified atom stereocenters. The van der Waals surface area contributed by atoms with E-state index in [1.807, 2.05) is 13.0 Å². The van der Waals surface area contributed by atoms with Crippen molar-refractivity contribution in [1.29, 1.82) is 0 Å². The van der Waals surface area contributed by atoms with E-state index in [1.54, 1.807) is 12.3 Å². The summed E-state index contributed by atoms with van der Waals surface area (Å²) in [6, 6.07) is 3.63. The van der Waals surface area contributed by atoms with Crippen LogP contribution in [0.25, 0.3) is 0 Å². The van der Waals surface area contributed by atoms with Gasteiger partial charge in [-0.25, -0.2) is 0 Å². The maximum absolute atomic E-state index is 9.78. The summed E-state index contributed by atoms with van der Waals surface area (Å²) >= 11 is 0. The third-order valence-electron chi connectivity index (χ3n) is 2.77. The van der Waals surface area contributed by atoms with Gasteiger partial charge in [0, 0.05) is 6.20 Å². The van der Waals surface area contributed by atoms with Gasteiger partial charge >= 0.3 is 0 Å². The molecule has 0 radical (unpaired) electrons. The minimum Gasteiger partial charge on any atom is -0.394 e. The fraction of sp³-hybridized carbons (Fsp3) is 0.545. The molecule has 2 rings (SSSR count). The van der Waals surface area contributed by atoms with Crippen molar-refractivity contribution in [3.05, 3.63) is 29.6 Å². The van der Waals surface area contributed by atoms with Crippen molar-refractivity contribution >= 4 is 0 Å². The summed E-state index contributed by atoms with van der Waals surface area (Å²) < 4.78 is 5.36. The van der Waals surface area contributed by atoms with Gasteiger partial charge in [-0.3, -0.25) is 4.98 Å². The van der Waals surface area contributed by atoms with Crippen LogP contribution in [0.1, 0.15) is 17.4 Å². The maximum Gasteiger partial charge on any atom is 0.128 e. The fourth-order valence-corrected chi connectivity index (χ4v) is 1.86. The molecule has 0 aliphatic carbocycles. The smallest absolute Gasteiger partial charge is 0.128 e. The Hall–Kier alpha value is -1.01. The fourth-order valence-electron chi connectivity index (χ4n) is 1.86.